The van der Waals surface area contributed by atoms with Gasteiger partial charge in [-0.25, -0.2) is 0 Å². The molecule has 0 aromatic carbocycles. The van der Waals surface area contributed by atoms with Crippen LogP contribution in [0.4, 0.5) is 0 Å². The van der Waals surface area contributed by atoms with Crippen molar-refractivity contribution in [2.45, 2.75) is 52.0 Å². The van der Waals surface area contributed by atoms with Crippen molar-refractivity contribution in [2.75, 3.05) is 26.2 Å². The van der Waals surface area contributed by atoms with Crippen molar-refractivity contribution in [1.29, 1.82) is 0 Å². The Bertz CT molecular complexity index is 266. The van der Waals surface area contributed by atoms with Gasteiger partial charge in [0, 0.05) is 13.1 Å². The molecule has 0 bridgehead atoms. The lowest BCUT2D eigenvalue weighted by atomic mass is 9.76. The Kier molecular flexibility index (Phi) is 6.09. The van der Waals surface area contributed by atoms with Crippen molar-refractivity contribution in [1.82, 2.24) is 10.2 Å². The van der Waals surface area contributed by atoms with Crippen LogP contribution >= 0.6 is 0 Å². The van der Waals surface area contributed by atoms with Crippen LogP contribution in [0.2, 0.25) is 0 Å². The van der Waals surface area contributed by atoms with Gasteiger partial charge >= 0.3 is 0 Å². The van der Waals surface area contributed by atoms with Crippen LogP contribution in [0.15, 0.2) is 0 Å². The van der Waals surface area contributed by atoms with E-state index in [1.165, 1.54) is 6.42 Å². The van der Waals surface area contributed by atoms with Crippen molar-refractivity contribution in [3.05, 3.63) is 0 Å². The number of rotatable bonds is 7. The van der Waals surface area contributed by atoms with E-state index >= 15 is 0 Å². The number of nitrogens with two attached hydrogens (primary N) is 1. The normalized spacial score (nSPS) is 28.6. The molecular weight excluding hydrogens is 226 g/mol. The SMILES string of the molecule is CCN(CC)CCNC1(C(N)=O)CCCC(C)C1. The average molecular weight is 255 g/mol. The van der Waals surface area contributed by atoms with Gasteiger partial charge in [0.25, 0.3) is 0 Å². The van der Waals surface area contributed by atoms with E-state index in [4.69, 9.17) is 5.73 Å². The maximum Gasteiger partial charge on any atom is 0.237 e. The smallest absolute Gasteiger partial charge is 0.237 e. The molecule has 0 heterocycles. The highest BCUT2D eigenvalue weighted by Crippen LogP contribution is 2.31. The maximum absolute atomic E-state index is 11.8. The zero-order valence-electron chi connectivity index (χ0n) is 12.2. The lowest BCUT2D eigenvalue weighted by Gasteiger charge is -2.38. The van der Waals surface area contributed by atoms with E-state index in [1.807, 2.05) is 0 Å². The maximum atomic E-state index is 11.8. The Balaban J connectivity index is 2.50. The fourth-order valence-corrected chi connectivity index (χ4v) is 3.02. The van der Waals surface area contributed by atoms with Gasteiger partial charge in [0.2, 0.25) is 5.91 Å². The minimum atomic E-state index is -0.454. The minimum Gasteiger partial charge on any atom is -0.368 e. The molecule has 4 heteroatoms. The summed E-state index contributed by atoms with van der Waals surface area (Å²) in [5.41, 5.74) is 5.18. The van der Waals surface area contributed by atoms with E-state index < -0.39 is 5.54 Å². The molecule has 1 saturated carbocycles. The average Bonchev–Trinajstić information content (AvgIpc) is 2.34. The molecule has 0 aliphatic heterocycles. The molecule has 4 nitrogen and oxygen atoms in total. The predicted octanol–water partition coefficient (Wildman–Crippen LogP) is 1.35. The van der Waals surface area contributed by atoms with Gasteiger partial charge in [-0.1, -0.05) is 33.6 Å². The highest BCUT2D eigenvalue weighted by atomic mass is 16.1. The third-order valence-corrected chi connectivity index (χ3v) is 4.25. The van der Waals surface area contributed by atoms with Crippen molar-refractivity contribution < 1.29 is 4.79 Å². The van der Waals surface area contributed by atoms with Gasteiger partial charge in [-0.15, -0.1) is 0 Å². The van der Waals surface area contributed by atoms with Crippen molar-refractivity contribution in [3.8, 4) is 0 Å². The molecule has 2 atom stereocenters. The highest BCUT2D eigenvalue weighted by Gasteiger charge is 2.39. The number of hydrogen-bond acceptors (Lipinski definition) is 3. The summed E-state index contributed by atoms with van der Waals surface area (Å²) in [5.74, 6) is 0.417. The summed E-state index contributed by atoms with van der Waals surface area (Å²) in [6.45, 7) is 10.5. The third kappa shape index (κ3) is 3.95. The summed E-state index contributed by atoms with van der Waals surface area (Å²) in [5, 5.41) is 3.45. The van der Waals surface area contributed by atoms with Crippen LogP contribution in [0.1, 0.15) is 46.5 Å². The number of nitrogens with one attached hydrogen (secondary N) is 1. The number of likely N-dealkylation sites (N-methyl/N-ethyl adjacent to an activating group) is 1. The van der Waals surface area contributed by atoms with E-state index in [0.29, 0.717) is 5.92 Å². The minimum absolute atomic E-state index is 0.173. The second-order valence-corrected chi connectivity index (χ2v) is 5.60. The van der Waals surface area contributed by atoms with Crippen LogP contribution in [-0.2, 0) is 4.79 Å². The lowest BCUT2D eigenvalue weighted by molar-refractivity contribution is -0.126. The molecule has 1 aliphatic carbocycles. The summed E-state index contributed by atoms with van der Waals surface area (Å²) in [4.78, 5) is 14.1. The zero-order valence-corrected chi connectivity index (χ0v) is 12.2. The first-order valence-electron chi connectivity index (χ1n) is 7.31. The first kappa shape index (κ1) is 15.4. The van der Waals surface area contributed by atoms with Gasteiger partial charge in [0.1, 0.15) is 0 Å². The van der Waals surface area contributed by atoms with E-state index in [1.54, 1.807) is 0 Å². The molecule has 0 radical (unpaired) electrons. The van der Waals surface area contributed by atoms with Gasteiger partial charge in [-0.2, -0.15) is 0 Å². The quantitative estimate of drug-likeness (QED) is 0.722. The molecular formula is C14H29N3O. The van der Waals surface area contributed by atoms with E-state index in [-0.39, 0.29) is 5.91 Å². The van der Waals surface area contributed by atoms with E-state index in [9.17, 15) is 4.79 Å². The summed E-state index contributed by atoms with van der Waals surface area (Å²) < 4.78 is 0. The van der Waals surface area contributed by atoms with Crippen LogP contribution in [0, 0.1) is 5.92 Å². The Morgan fingerprint density at radius 2 is 2.11 bits per heavy atom. The Hall–Kier alpha value is -0.610. The lowest BCUT2D eigenvalue weighted by Crippen LogP contribution is -2.58. The largest absolute Gasteiger partial charge is 0.368 e. The second-order valence-electron chi connectivity index (χ2n) is 5.60. The van der Waals surface area contributed by atoms with Gasteiger partial charge in [-0.3, -0.25) is 4.79 Å². The predicted molar refractivity (Wildman–Crippen MR) is 75.3 cm³/mol. The molecule has 1 amide bonds. The number of hydrogen-bond donors (Lipinski definition) is 2. The fourth-order valence-electron chi connectivity index (χ4n) is 3.02. The van der Waals surface area contributed by atoms with Gasteiger partial charge in [0.15, 0.2) is 0 Å². The van der Waals surface area contributed by atoms with Crippen molar-refractivity contribution in [2.24, 2.45) is 11.7 Å². The Morgan fingerprint density at radius 1 is 1.44 bits per heavy atom. The zero-order chi connectivity index (χ0) is 13.6. The number of primary amides is 1. The second kappa shape index (κ2) is 7.10. The first-order valence-corrected chi connectivity index (χ1v) is 7.31. The molecule has 0 aromatic rings. The van der Waals surface area contributed by atoms with Crippen LogP contribution in [0.5, 0.6) is 0 Å². The number of carbonyl (C=O) groups excluding carboxylic acids is 1. The molecule has 0 saturated heterocycles. The summed E-state index contributed by atoms with van der Waals surface area (Å²) in [6.07, 6.45) is 4.10. The van der Waals surface area contributed by atoms with E-state index in [2.05, 4.69) is 31.0 Å². The fraction of sp³-hybridized carbons (Fsp3) is 0.929. The van der Waals surface area contributed by atoms with Crippen molar-refractivity contribution >= 4 is 5.91 Å². The number of nitrogens with zero attached hydrogens (tertiary/aromatic N) is 1. The molecule has 1 fully saturated rings. The summed E-state index contributed by atoms with van der Waals surface area (Å²) in [7, 11) is 0. The van der Waals surface area contributed by atoms with Gasteiger partial charge < -0.3 is 16.0 Å². The molecule has 2 unspecified atom stereocenters. The van der Waals surface area contributed by atoms with Crippen LogP contribution in [0.25, 0.3) is 0 Å². The molecule has 0 aromatic heterocycles. The molecule has 0 spiro atoms. The van der Waals surface area contributed by atoms with E-state index in [0.717, 1.165) is 45.4 Å². The molecule has 3 N–H and O–H groups in total. The highest BCUT2D eigenvalue weighted by molar-refractivity contribution is 5.84. The Labute approximate surface area is 111 Å². The van der Waals surface area contributed by atoms with Gasteiger partial charge in [-0.05, 0) is 31.8 Å². The number of carbonyl (C=O) groups is 1. The van der Waals surface area contributed by atoms with Crippen LogP contribution < -0.4 is 11.1 Å². The standard InChI is InChI=1S/C14H29N3O/c1-4-17(5-2)10-9-16-14(13(15)18)8-6-7-12(3)11-14/h12,16H,4-11H2,1-3H3,(H2,15,18). The topological polar surface area (TPSA) is 58.4 Å². The molecule has 106 valence electrons. The molecule has 18 heavy (non-hydrogen) atoms. The van der Waals surface area contributed by atoms with Crippen LogP contribution in [-0.4, -0.2) is 42.5 Å². The summed E-state index contributed by atoms with van der Waals surface area (Å²) in [6, 6.07) is 0. The number of amides is 1. The van der Waals surface area contributed by atoms with Crippen molar-refractivity contribution in [3.63, 3.8) is 0 Å². The first-order chi connectivity index (χ1) is 8.54. The van der Waals surface area contributed by atoms with Crippen LogP contribution in [0.3, 0.4) is 0 Å². The third-order valence-electron chi connectivity index (χ3n) is 4.25. The summed E-state index contributed by atoms with van der Waals surface area (Å²) >= 11 is 0. The molecule has 1 rings (SSSR count). The monoisotopic (exact) mass is 255 g/mol. The Morgan fingerprint density at radius 3 is 2.61 bits per heavy atom. The van der Waals surface area contributed by atoms with Gasteiger partial charge in [0.05, 0.1) is 5.54 Å². The molecule has 1 aliphatic rings.